The zero-order valence-corrected chi connectivity index (χ0v) is 19.3. The van der Waals surface area contributed by atoms with Gasteiger partial charge in [0.15, 0.2) is 0 Å². The molecule has 0 bridgehead atoms. The predicted octanol–water partition coefficient (Wildman–Crippen LogP) is 2.21. The molecule has 3 aliphatic heterocycles. The number of carbonyl (C=O) groups excluding carboxylic acids is 1. The van der Waals surface area contributed by atoms with Gasteiger partial charge in [0.25, 0.3) is 0 Å². The van der Waals surface area contributed by atoms with Gasteiger partial charge in [-0.05, 0) is 38.4 Å². The largest absolute Gasteiger partial charge is 0.368 e. The molecule has 2 aromatic heterocycles. The van der Waals surface area contributed by atoms with Gasteiger partial charge in [0.1, 0.15) is 11.6 Å². The van der Waals surface area contributed by atoms with E-state index in [2.05, 4.69) is 53.4 Å². The first kappa shape index (κ1) is 20.7. The number of piperazine rings is 1. The summed E-state index contributed by atoms with van der Waals surface area (Å²) in [6.45, 7) is 5.62. The zero-order valence-electron chi connectivity index (χ0n) is 19.3. The number of pyridine rings is 1. The van der Waals surface area contributed by atoms with Crippen LogP contribution in [0.15, 0.2) is 24.5 Å². The molecule has 1 spiro atoms. The summed E-state index contributed by atoms with van der Waals surface area (Å²) >= 11 is 0. The van der Waals surface area contributed by atoms with Crippen LogP contribution in [0.2, 0.25) is 0 Å². The van der Waals surface area contributed by atoms with Gasteiger partial charge in [-0.2, -0.15) is 4.98 Å². The number of nitrogens with one attached hydrogen (secondary N) is 2. The summed E-state index contributed by atoms with van der Waals surface area (Å²) < 4.78 is 0. The minimum absolute atomic E-state index is 0.256. The van der Waals surface area contributed by atoms with Crippen LogP contribution < -0.4 is 15.5 Å². The van der Waals surface area contributed by atoms with E-state index in [0.717, 1.165) is 69.1 Å². The number of aromatic nitrogens is 3. The van der Waals surface area contributed by atoms with Crippen molar-refractivity contribution in [2.75, 3.05) is 61.8 Å². The second-order valence-corrected chi connectivity index (χ2v) is 9.90. The summed E-state index contributed by atoms with van der Waals surface area (Å²) in [7, 11) is 2.16. The molecule has 6 rings (SSSR count). The summed E-state index contributed by atoms with van der Waals surface area (Å²) in [5, 5.41) is 6.61. The summed E-state index contributed by atoms with van der Waals surface area (Å²) in [6, 6.07) is 4.48. The Morgan fingerprint density at radius 3 is 2.64 bits per heavy atom. The molecule has 1 amide bonds. The van der Waals surface area contributed by atoms with Crippen LogP contribution in [-0.2, 0) is 10.2 Å². The lowest BCUT2D eigenvalue weighted by Crippen LogP contribution is -2.44. The van der Waals surface area contributed by atoms with E-state index in [1.807, 2.05) is 18.5 Å². The fourth-order valence-corrected chi connectivity index (χ4v) is 5.86. The van der Waals surface area contributed by atoms with E-state index < -0.39 is 5.41 Å². The molecule has 2 N–H and O–H groups in total. The van der Waals surface area contributed by atoms with Gasteiger partial charge in [-0.25, -0.2) is 9.97 Å². The average Bonchev–Trinajstić information content (AvgIpc) is 3.56. The number of hydrogen-bond donors (Lipinski definition) is 2. The Morgan fingerprint density at radius 2 is 1.88 bits per heavy atom. The Labute approximate surface area is 194 Å². The molecule has 1 saturated carbocycles. The normalized spacial score (nSPS) is 25.7. The first-order valence-electron chi connectivity index (χ1n) is 12.2. The average molecular weight is 449 g/mol. The number of hydrogen-bond acceptors (Lipinski definition) is 8. The summed E-state index contributed by atoms with van der Waals surface area (Å²) in [5.74, 6) is 2.23. The van der Waals surface area contributed by atoms with Crippen molar-refractivity contribution in [3.8, 4) is 0 Å². The van der Waals surface area contributed by atoms with Crippen LogP contribution in [0.1, 0.15) is 37.7 Å². The number of nitrogens with zero attached hydrogens (tertiary/aromatic N) is 6. The van der Waals surface area contributed by atoms with Gasteiger partial charge in [-0.1, -0.05) is 12.8 Å². The van der Waals surface area contributed by atoms with Crippen molar-refractivity contribution < 1.29 is 4.79 Å². The summed E-state index contributed by atoms with van der Waals surface area (Å²) in [6.07, 6.45) is 9.33. The van der Waals surface area contributed by atoms with Crippen LogP contribution in [-0.4, -0.2) is 83.0 Å². The molecule has 2 aromatic rings. The van der Waals surface area contributed by atoms with E-state index in [0.29, 0.717) is 24.4 Å². The molecule has 1 atom stereocenters. The van der Waals surface area contributed by atoms with Crippen LogP contribution in [0, 0.1) is 0 Å². The van der Waals surface area contributed by atoms with Gasteiger partial charge < -0.3 is 25.3 Å². The number of rotatable bonds is 4. The molecule has 0 radical (unpaired) electrons. The lowest BCUT2D eigenvalue weighted by atomic mass is 9.82. The number of anilines is 4. The van der Waals surface area contributed by atoms with Crippen molar-refractivity contribution in [3.05, 3.63) is 30.1 Å². The van der Waals surface area contributed by atoms with Crippen LogP contribution in [0.4, 0.5) is 23.3 Å². The second kappa shape index (κ2) is 8.13. The highest BCUT2D eigenvalue weighted by Gasteiger charge is 2.54. The number of likely N-dealkylation sites (tertiary alicyclic amines) is 1. The number of amides is 1. The quantitative estimate of drug-likeness (QED) is 0.736. The molecule has 4 aliphatic rings. The lowest BCUT2D eigenvalue weighted by molar-refractivity contribution is -0.133. The topological polar surface area (TPSA) is 89.5 Å². The van der Waals surface area contributed by atoms with Crippen LogP contribution in [0.3, 0.4) is 0 Å². The van der Waals surface area contributed by atoms with Crippen molar-refractivity contribution in [2.24, 2.45) is 0 Å². The fourth-order valence-electron chi connectivity index (χ4n) is 5.86. The monoisotopic (exact) mass is 448 g/mol. The Morgan fingerprint density at radius 1 is 1.06 bits per heavy atom. The van der Waals surface area contributed by atoms with E-state index in [4.69, 9.17) is 0 Å². The van der Waals surface area contributed by atoms with Gasteiger partial charge in [-0.15, -0.1) is 0 Å². The third-order valence-corrected chi connectivity index (χ3v) is 7.93. The van der Waals surface area contributed by atoms with E-state index in [-0.39, 0.29) is 5.91 Å². The van der Waals surface area contributed by atoms with E-state index in [9.17, 15) is 4.79 Å². The van der Waals surface area contributed by atoms with Gasteiger partial charge in [0.2, 0.25) is 11.9 Å². The van der Waals surface area contributed by atoms with Crippen LogP contribution >= 0.6 is 0 Å². The summed E-state index contributed by atoms with van der Waals surface area (Å²) in [4.78, 5) is 34.1. The molecule has 174 valence electrons. The lowest BCUT2D eigenvalue weighted by Gasteiger charge is -2.33. The minimum Gasteiger partial charge on any atom is -0.368 e. The van der Waals surface area contributed by atoms with Crippen LogP contribution in [0.25, 0.3) is 0 Å². The highest BCUT2D eigenvalue weighted by Crippen LogP contribution is 2.45. The second-order valence-electron chi connectivity index (χ2n) is 9.90. The van der Waals surface area contributed by atoms with E-state index >= 15 is 0 Å². The highest BCUT2D eigenvalue weighted by molar-refractivity contribution is 5.94. The first-order valence-corrected chi connectivity index (χ1v) is 12.2. The molecular weight excluding hydrogens is 416 g/mol. The molecule has 9 nitrogen and oxygen atoms in total. The Bertz CT molecular complexity index is 1030. The van der Waals surface area contributed by atoms with Crippen molar-refractivity contribution in [1.82, 2.24) is 24.8 Å². The summed E-state index contributed by atoms with van der Waals surface area (Å²) in [5.41, 5.74) is 1.58. The number of carbonyl (C=O) groups is 1. The van der Waals surface area contributed by atoms with Crippen molar-refractivity contribution in [1.29, 1.82) is 0 Å². The van der Waals surface area contributed by atoms with Crippen LogP contribution in [0.5, 0.6) is 0 Å². The van der Waals surface area contributed by atoms with Gasteiger partial charge >= 0.3 is 0 Å². The molecular formula is C24H32N8O. The minimum atomic E-state index is -0.501. The standard InChI is InChI=1S/C24H32N8O/c1-30-10-12-31(13-11-30)18-6-7-20(25-14-18)28-23-26-15-19-21(29-23)27-16-24(19)8-9-32(22(24)33)17-4-2-3-5-17/h6-7,14-15,17H,2-5,8-13,16H2,1H3,(H2,25,26,27,28,29). The van der Waals surface area contributed by atoms with E-state index in [1.54, 1.807) is 0 Å². The van der Waals surface area contributed by atoms with Gasteiger partial charge in [0.05, 0.1) is 17.3 Å². The zero-order chi connectivity index (χ0) is 22.4. The van der Waals surface area contributed by atoms with Crippen molar-refractivity contribution >= 4 is 29.2 Å². The molecule has 1 aliphatic carbocycles. The van der Waals surface area contributed by atoms with Gasteiger partial charge in [0, 0.05) is 57.1 Å². The third kappa shape index (κ3) is 3.58. The Hall–Kier alpha value is -2.94. The molecule has 5 heterocycles. The maximum Gasteiger partial charge on any atom is 0.235 e. The van der Waals surface area contributed by atoms with E-state index in [1.165, 1.54) is 12.8 Å². The molecule has 3 fully saturated rings. The Balaban J connectivity index is 1.15. The Kier molecular flexibility index (Phi) is 5.09. The van der Waals surface area contributed by atoms with Gasteiger partial charge in [-0.3, -0.25) is 4.79 Å². The van der Waals surface area contributed by atoms with Crippen molar-refractivity contribution in [3.63, 3.8) is 0 Å². The predicted molar refractivity (Wildman–Crippen MR) is 128 cm³/mol. The third-order valence-electron chi connectivity index (χ3n) is 7.93. The maximum atomic E-state index is 13.4. The fraction of sp³-hybridized carbons (Fsp3) is 0.583. The first-order chi connectivity index (χ1) is 16.1. The maximum absolute atomic E-state index is 13.4. The number of fused-ring (bicyclic) bond motifs is 2. The SMILES string of the molecule is CN1CCN(c2ccc(Nc3ncc4c(n3)NCC43CCN(C4CCCC4)C3=O)nc2)CC1. The molecule has 33 heavy (non-hydrogen) atoms. The highest BCUT2D eigenvalue weighted by atomic mass is 16.2. The molecule has 2 saturated heterocycles. The molecule has 9 heteroatoms. The van der Waals surface area contributed by atoms with Crippen molar-refractivity contribution in [2.45, 2.75) is 43.6 Å². The molecule has 1 unspecified atom stereocenters. The number of likely N-dealkylation sites (N-methyl/N-ethyl adjacent to an activating group) is 1. The smallest absolute Gasteiger partial charge is 0.235 e. The molecule has 0 aromatic carbocycles.